The van der Waals surface area contributed by atoms with E-state index in [0.29, 0.717) is 5.92 Å². The predicted molar refractivity (Wildman–Crippen MR) is 70.0 cm³/mol. The van der Waals surface area contributed by atoms with Gasteiger partial charge < -0.3 is 5.11 Å². The van der Waals surface area contributed by atoms with Gasteiger partial charge in [-0.1, -0.05) is 15.9 Å². The predicted octanol–water partition coefficient (Wildman–Crippen LogP) is 3.43. The van der Waals surface area contributed by atoms with E-state index in [4.69, 9.17) is 0 Å². The molecule has 17 heavy (non-hydrogen) atoms. The minimum absolute atomic E-state index is 0.286. The fraction of sp³-hybridized carbons (Fsp3) is 0.308. The van der Waals surface area contributed by atoms with Crippen molar-refractivity contribution in [3.63, 3.8) is 0 Å². The second kappa shape index (κ2) is 3.88. The van der Waals surface area contributed by atoms with E-state index in [1.165, 1.54) is 18.4 Å². The van der Waals surface area contributed by atoms with E-state index < -0.39 is 0 Å². The molecule has 88 valence electrons. The van der Waals surface area contributed by atoms with Crippen molar-refractivity contribution in [2.45, 2.75) is 18.8 Å². The normalized spacial score (nSPS) is 15.2. The van der Waals surface area contributed by atoms with E-state index in [-0.39, 0.29) is 5.75 Å². The highest BCUT2D eigenvalue weighted by molar-refractivity contribution is 9.10. The van der Waals surface area contributed by atoms with Gasteiger partial charge in [0.15, 0.2) is 0 Å². The number of benzene rings is 1. The standard InChI is InChI=1S/C13H13BrN2O/c1-16-7-11(8-2-3-8)13(15-16)10-6-9(14)4-5-12(10)17/h4-8,17H,2-3H2,1H3. The summed E-state index contributed by atoms with van der Waals surface area (Å²) < 4.78 is 2.78. The lowest BCUT2D eigenvalue weighted by Gasteiger charge is -2.04. The van der Waals surface area contributed by atoms with Crippen molar-refractivity contribution >= 4 is 15.9 Å². The highest BCUT2D eigenvalue weighted by atomic mass is 79.9. The average Bonchev–Trinajstić information content (AvgIpc) is 3.06. The van der Waals surface area contributed by atoms with E-state index in [2.05, 4.69) is 27.2 Å². The summed E-state index contributed by atoms with van der Waals surface area (Å²) in [5.41, 5.74) is 2.97. The number of aromatic nitrogens is 2. The molecule has 0 aliphatic heterocycles. The van der Waals surface area contributed by atoms with Crippen LogP contribution in [0, 0.1) is 0 Å². The smallest absolute Gasteiger partial charge is 0.125 e. The van der Waals surface area contributed by atoms with Gasteiger partial charge in [0.25, 0.3) is 0 Å². The van der Waals surface area contributed by atoms with Crippen molar-refractivity contribution in [1.82, 2.24) is 9.78 Å². The Balaban J connectivity index is 2.16. The van der Waals surface area contributed by atoms with E-state index in [1.807, 2.05) is 23.9 Å². The maximum Gasteiger partial charge on any atom is 0.125 e. The Morgan fingerprint density at radius 1 is 1.41 bits per heavy atom. The summed E-state index contributed by atoms with van der Waals surface area (Å²) in [6.07, 6.45) is 4.52. The first-order chi connectivity index (χ1) is 8.15. The van der Waals surface area contributed by atoms with Crippen molar-refractivity contribution in [2.75, 3.05) is 0 Å². The first kappa shape index (κ1) is 10.8. The highest BCUT2D eigenvalue weighted by Crippen LogP contribution is 2.45. The molecule has 3 nitrogen and oxygen atoms in total. The number of nitrogens with zero attached hydrogens (tertiary/aromatic N) is 2. The fourth-order valence-electron chi connectivity index (χ4n) is 2.11. The molecule has 1 aromatic carbocycles. The topological polar surface area (TPSA) is 38.0 Å². The van der Waals surface area contributed by atoms with Crippen LogP contribution < -0.4 is 0 Å². The molecule has 0 spiro atoms. The summed E-state index contributed by atoms with van der Waals surface area (Å²) in [5, 5.41) is 14.4. The number of phenols is 1. The summed E-state index contributed by atoms with van der Waals surface area (Å²) in [6.45, 7) is 0. The molecule has 0 amide bonds. The Hall–Kier alpha value is -1.29. The third-order valence-electron chi connectivity index (χ3n) is 3.09. The van der Waals surface area contributed by atoms with Crippen LogP contribution in [0.4, 0.5) is 0 Å². The summed E-state index contributed by atoms with van der Waals surface area (Å²) >= 11 is 3.43. The fourth-order valence-corrected chi connectivity index (χ4v) is 2.47. The van der Waals surface area contributed by atoms with E-state index in [9.17, 15) is 5.11 Å². The molecule has 1 aliphatic rings. The monoisotopic (exact) mass is 292 g/mol. The molecule has 1 aromatic heterocycles. The van der Waals surface area contributed by atoms with Crippen LogP contribution >= 0.6 is 15.9 Å². The Morgan fingerprint density at radius 2 is 2.18 bits per heavy atom. The van der Waals surface area contributed by atoms with Gasteiger partial charge in [-0.05, 0) is 37.0 Å². The van der Waals surface area contributed by atoms with Crippen molar-refractivity contribution < 1.29 is 5.11 Å². The number of halogens is 1. The van der Waals surface area contributed by atoms with E-state index >= 15 is 0 Å². The molecule has 3 rings (SSSR count). The van der Waals surface area contributed by atoms with Crippen molar-refractivity contribution in [3.8, 4) is 17.0 Å². The van der Waals surface area contributed by atoms with Gasteiger partial charge in [-0.15, -0.1) is 0 Å². The lowest BCUT2D eigenvalue weighted by Crippen LogP contribution is -1.88. The molecule has 1 saturated carbocycles. The summed E-state index contributed by atoms with van der Waals surface area (Å²) in [6, 6.07) is 5.45. The van der Waals surface area contributed by atoms with Gasteiger partial charge in [-0.3, -0.25) is 4.68 Å². The van der Waals surface area contributed by atoms with Crippen LogP contribution in [0.15, 0.2) is 28.9 Å². The van der Waals surface area contributed by atoms with Crippen LogP contribution in [0.1, 0.15) is 24.3 Å². The Kier molecular flexibility index (Phi) is 2.47. The van der Waals surface area contributed by atoms with Crippen molar-refractivity contribution in [1.29, 1.82) is 0 Å². The van der Waals surface area contributed by atoms with Crippen molar-refractivity contribution in [2.24, 2.45) is 7.05 Å². The van der Waals surface area contributed by atoms with Crippen LogP contribution in [-0.2, 0) is 7.05 Å². The molecule has 0 radical (unpaired) electrons. The lowest BCUT2D eigenvalue weighted by atomic mass is 10.0. The summed E-state index contributed by atoms with van der Waals surface area (Å²) in [5.74, 6) is 0.908. The number of phenolic OH excluding ortho intramolecular Hbond substituents is 1. The van der Waals surface area contributed by atoms with Gasteiger partial charge in [0.1, 0.15) is 5.75 Å². The Bertz CT molecular complexity index is 573. The van der Waals surface area contributed by atoms with Crippen LogP contribution in [0.2, 0.25) is 0 Å². The van der Waals surface area contributed by atoms with Gasteiger partial charge in [-0.2, -0.15) is 5.10 Å². The molecule has 4 heteroatoms. The zero-order valence-electron chi connectivity index (χ0n) is 9.52. The minimum Gasteiger partial charge on any atom is -0.507 e. The first-order valence-corrected chi connectivity index (χ1v) is 6.47. The SMILES string of the molecule is Cn1cc(C2CC2)c(-c2cc(Br)ccc2O)n1. The number of aromatic hydroxyl groups is 1. The van der Waals surface area contributed by atoms with Crippen LogP contribution in [-0.4, -0.2) is 14.9 Å². The molecule has 1 heterocycles. The minimum atomic E-state index is 0.286. The van der Waals surface area contributed by atoms with E-state index in [1.54, 1.807) is 6.07 Å². The van der Waals surface area contributed by atoms with Crippen LogP contribution in [0.5, 0.6) is 5.75 Å². The molecule has 0 unspecified atom stereocenters. The molecule has 0 atom stereocenters. The number of aryl methyl sites for hydroxylation is 1. The maximum atomic E-state index is 9.95. The third kappa shape index (κ3) is 1.97. The zero-order valence-corrected chi connectivity index (χ0v) is 11.1. The van der Waals surface area contributed by atoms with Gasteiger partial charge in [-0.25, -0.2) is 0 Å². The van der Waals surface area contributed by atoms with E-state index in [0.717, 1.165) is 15.7 Å². The van der Waals surface area contributed by atoms with Gasteiger partial charge in [0.2, 0.25) is 0 Å². The molecule has 2 aromatic rings. The molecule has 1 fully saturated rings. The number of rotatable bonds is 2. The largest absolute Gasteiger partial charge is 0.507 e. The quantitative estimate of drug-likeness (QED) is 0.921. The zero-order chi connectivity index (χ0) is 12.0. The van der Waals surface area contributed by atoms with Crippen molar-refractivity contribution in [3.05, 3.63) is 34.4 Å². The first-order valence-electron chi connectivity index (χ1n) is 5.67. The summed E-state index contributed by atoms with van der Waals surface area (Å²) in [4.78, 5) is 0. The van der Waals surface area contributed by atoms with Gasteiger partial charge in [0.05, 0.1) is 5.69 Å². The molecule has 1 aliphatic carbocycles. The molecule has 0 saturated heterocycles. The molecular formula is C13H13BrN2O. The summed E-state index contributed by atoms with van der Waals surface area (Å²) in [7, 11) is 1.92. The Morgan fingerprint density at radius 3 is 2.88 bits per heavy atom. The molecule has 1 N–H and O–H groups in total. The van der Waals surface area contributed by atoms with Gasteiger partial charge in [0, 0.05) is 28.8 Å². The van der Waals surface area contributed by atoms with Crippen LogP contribution in [0.25, 0.3) is 11.3 Å². The average molecular weight is 293 g/mol. The highest BCUT2D eigenvalue weighted by Gasteiger charge is 2.29. The number of hydrogen-bond donors (Lipinski definition) is 1. The lowest BCUT2D eigenvalue weighted by molar-refractivity contribution is 0.477. The van der Waals surface area contributed by atoms with Gasteiger partial charge >= 0.3 is 0 Å². The maximum absolute atomic E-state index is 9.95. The second-order valence-electron chi connectivity index (χ2n) is 4.54. The second-order valence-corrected chi connectivity index (χ2v) is 5.46. The van der Waals surface area contributed by atoms with Crippen LogP contribution in [0.3, 0.4) is 0 Å². The Labute approximate surface area is 108 Å². The molecular weight excluding hydrogens is 280 g/mol. The molecule has 0 bridgehead atoms. The third-order valence-corrected chi connectivity index (χ3v) is 3.58. The number of hydrogen-bond acceptors (Lipinski definition) is 2.